The van der Waals surface area contributed by atoms with E-state index in [0.717, 1.165) is 0 Å². The molecule has 0 unspecified atom stereocenters. The molecule has 1 amide bonds. The quantitative estimate of drug-likeness (QED) is 0.506. The van der Waals surface area contributed by atoms with Crippen molar-refractivity contribution in [3.8, 4) is 0 Å². The van der Waals surface area contributed by atoms with E-state index in [2.05, 4.69) is 5.32 Å². The molecule has 6 nitrogen and oxygen atoms in total. The third kappa shape index (κ3) is 25.4. The van der Waals surface area contributed by atoms with Crippen molar-refractivity contribution in [2.75, 3.05) is 7.05 Å². The van der Waals surface area contributed by atoms with Crippen LogP contribution < -0.4 is 5.32 Å². The second-order valence-corrected chi connectivity index (χ2v) is 1.82. The molecule has 0 aliphatic heterocycles. The van der Waals surface area contributed by atoms with Crippen molar-refractivity contribution in [1.29, 1.82) is 0 Å². The SMILES string of the molecule is CNC(C)=O.O=C(O)/C=C\C(=O)O. The largest absolute Gasteiger partial charge is 0.478 e. The molecule has 0 aromatic rings. The van der Waals surface area contributed by atoms with Crippen molar-refractivity contribution < 1.29 is 24.6 Å². The predicted molar refractivity (Wildman–Crippen MR) is 44.2 cm³/mol. The number of carbonyl (C=O) groups is 3. The van der Waals surface area contributed by atoms with Crippen LogP contribution in [0.5, 0.6) is 0 Å². The zero-order valence-electron chi connectivity index (χ0n) is 7.27. The highest BCUT2D eigenvalue weighted by Crippen LogP contribution is 1.70. The molecular formula is C7H11NO5. The smallest absolute Gasteiger partial charge is 0.328 e. The minimum Gasteiger partial charge on any atom is -0.478 e. The van der Waals surface area contributed by atoms with E-state index in [-0.39, 0.29) is 5.91 Å². The molecule has 3 N–H and O–H groups in total. The first-order valence-corrected chi connectivity index (χ1v) is 3.22. The van der Waals surface area contributed by atoms with Gasteiger partial charge in [-0.1, -0.05) is 0 Å². The van der Waals surface area contributed by atoms with Gasteiger partial charge < -0.3 is 15.5 Å². The van der Waals surface area contributed by atoms with Crippen LogP contribution >= 0.6 is 0 Å². The maximum Gasteiger partial charge on any atom is 0.328 e. The Bertz CT molecular complexity index is 205. The molecule has 0 saturated heterocycles. The normalized spacial score (nSPS) is 8.46. The molecule has 0 saturated carbocycles. The van der Waals surface area contributed by atoms with E-state index in [1.54, 1.807) is 7.05 Å². The first-order chi connectivity index (χ1) is 5.90. The third-order valence-electron chi connectivity index (χ3n) is 0.721. The minimum absolute atomic E-state index is 0.00463. The maximum atomic E-state index is 9.70. The number of aliphatic carboxylic acids is 2. The number of rotatable bonds is 2. The maximum absolute atomic E-state index is 9.70. The van der Waals surface area contributed by atoms with Crippen molar-refractivity contribution >= 4 is 17.8 Å². The van der Waals surface area contributed by atoms with Gasteiger partial charge in [0, 0.05) is 26.1 Å². The van der Waals surface area contributed by atoms with Gasteiger partial charge in [-0.3, -0.25) is 4.79 Å². The molecule has 0 aromatic carbocycles. The van der Waals surface area contributed by atoms with E-state index in [1.165, 1.54) is 6.92 Å². The van der Waals surface area contributed by atoms with Gasteiger partial charge in [0.1, 0.15) is 0 Å². The van der Waals surface area contributed by atoms with Crippen molar-refractivity contribution in [1.82, 2.24) is 5.32 Å². The van der Waals surface area contributed by atoms with Crippen LogP contribution in [0.2, 0.25) is 0 Å². The lowest BCUT2D eigenvalue weighted by atomic mass is 10.5. The number of carboxylic acids is 2. The Morgan fingerprint density at radius 2 is 1.31 bits per heavy atom. The van der Waals surface area contributed by atoms with E-state index < -0.39 is 11.9 Å². The van der Waals surface area contributed by atoms with E-state index in [9.17, 15) is 14.4 Å². The molecule has 13 heavy (non-hydrogen) atoms. The van der Waals surface area contributed by atoms with Crippen LogP contribution in [0, 0.1) is 0 Å². The number of carbonyl (C=O) groups excluding carboxylic acids is 1. The molecule has 0 rings (SSSR count). The first kappa shape index (κ1) is 13.7. The summed E-state index contributed by atoms with van der Waals surface area (Å²) < 4.78 is 0. The lowest BCUT2D eigenvalue weighted by Gasteiger charge is -1.80. The first-order valence-electron chi connectivity index (χ1n) is 3.22. The van der Waals surface area contributed by atoms with E-state index in [1.807, 2.05) is 0 Å². The number of amides is 1. The summed E-state index contributed by atoms with van der Waals surface area (Å²) >= 11 is 0. The lowest BCUT2D eigenvalue weighted by molar-refractivity contribution is -0.134. The summed E-state index contributed by atoms with van der Waals surface area (Å²) in [4.78, 5) is 28.8. The molecule has 0 bridgehead atoms. The van der Waals surface area contributed by atoms with Crippen LogP contribution in [0.4, 0.5) is 0 Å². The van der Waals surface area contributed by atoms with Crippen molar-refractivity contribution in [2.24, 2.45) is 0 Å². The Labute approximate surface area is 74.9 Å². The molecule has 0 aromatic heterocycles. The summed E-state index contributed by atoms with van der Waals surface area (Å²) in [6.07, 6.45) is 1.12. The minimum atomic E-state index is -1.26. The van der Waals surface area contributed by atoms with Gasteiger partial charge in [0.25, 0.3) is 0 Å². The molecule has 0 radical (unpaired) electrons. The van der Waals surface area contributed by atoms with Gasteiger partial charge in [-0.25, -0.2) is 9.59 Å². The fourth-order valence-electron chi connectivity index (χ4n) is 0.143. The average molecular weight is 189 g/mol. The highest BCUT2D eigenvalue weighted by molar-refractivity contribution is 5.89. The Balaban J connectivity index is 0. The zero-order valence-corrected chi connectivity index (χ0v) is 7.27. The summed E-state index contributed by atoms with van der Waals surface area (Å²) in [5, 5.41) is 18.0. The van der Waals surface area contributed by atoms with E-state index in [4.69, 9.17) is 10.2 Å². The highest BCUT2D eigenvalue weighted by atomic mass is 16.4. The zero-order chi connectivity index (χ0) is 10.9. The topological polar surface area (TPSA) is 104 Å². The highest BCUT2D eigenvalue weighted by Gasteiger charge is 1.88. The van der Waals surface area contributed by atoms with Crippen LogP contribution in [0.15, 0.2) is 12.2 Å². The Morgan fingerprint density at radius 3 is 1.38 bits per heavy atom. The number of hydrogen-bond acceptors (Lipinski definition) is 3. The summed E-state index contributed by atoms with van der Waals surface area (Å²) in [5.74, 6) is -2.51. The van der Waals surface area contributed by atoms with Crippen LogP contribution in [0.3, 0.4) is 0 Å². The number of carboxylic acid groups (broad SMARTS) is 2. The fraction of sp³-hybridized carbons (Fsp3) is 0.286. The van der Waals surface area contributed by atoms with Crippen molar-refractivity contribution in [2.45, 2.75) is 6.92 Å². The lowest BCUT2D eigenvalue weighted by Crippen LogP contribution is -2.11. The van der Waals surface area contributed by atoms with Gasteiger partial charge in [0.2, 0.25) is 5.91 Å². The Kier molecular flexibility index (Phi) is 8.71. The molecule has 6 heteroatoms. The fourth-order valence-corrected chi connectivity index (χ4v) is 0.143. The number of nitrogens with one attached hydrogen (secondary N) is 1. The van der Waals surface area contributed by atoms with Crippen molar-refractivity contribution in [3.05, 3.63) is 12.2 Å². The van der Waals surface area contributed by atoms with Crippen LogP contribution in [-0.4, -0.2) is 35.1 Å². The molecule has 0 spiro atoms. The molecule has 0 aliphatic carbocycles. The Morgan fingerprint density at radius 1 is 1.08 bits per heavy atom. The Hall–Kier alpha value is -1.85. The molecule has 0 atom stereocenters. The molecule has 74 valence electrons. The monoisotopic (exact) mass is 189 g/mol. The predicted octanol–water partition coefficient (Wildman–Crippen LogP) is -0.536. The van der Waals surface area contributed by atoms with Gasteiger partial charge in [-0.05, 0) is 0 Å². The van der Waals surface area contributed by atoms with Gasteiger partial charge in [0.15, 0.2) is 0 Å². The molecule has 0 aliphatic rings. The molecular weight excluding hydrogens is 178 g/mol. The van der Waals surface area contributed by atoms with Crippen LogP contribution in [-0.2, 0) is 14.4 Å². The molecule has 0 fully saturated rings. The summed E-state index contributed by atoms with van der Waals surface area (Å²) in [5.41, 5.74) is 0. The van der Waals surface area contributed by atoms with Crippen LogP contribution in [0.25, 0.3) is 0 Å². The summed E-state index contributed by atoms with van der Waals surface area (Å²) in [7, 11) is 1.60. The van der Waals surface area contributed by atoms with Gasteiger partial charge in [0.05, 0.1) is 0 Å². The van der Waals surface area contributed by atoms with Gasteiger partial charge in [-0.2, -0.15) is 0 Å². The average Bonchev–Trinajstić information content (AvgIpc) is 2.02. The van der Waals surface area contributed by atoms with Crippen molar-refractivity contribution in [3.63, 3.8) is 0 Å². The standard InChI is InChI=1S/C4H4O4.C3H7NO/c5-3(6)1-2-4(7)8;1-3(5)4-2/h1-2H,(H,5,6)(H,7,8);1-2H3,(H,4,5)/b2-1-;. The number of hydrogen-bond donors (Lipinski definition) is 3. The third-order valence-corrected chi connectivity index (χ3v) is 0.721. The van der Waals surface area contributed by atoms with E-state index in [0.29, 0.717) is 12.2 Å². The second-order valence-electron chi connectivity index (χ2n) is 1.82. The van der Waals surface area contributed by atoms with Gasteiger partial charge in [-0.15, -0.1) is 0 Å². The van der Waals surface area contributed by atoms with E-state index >= 15 is 0 Å². The second kappa shape index (κ2) is 8.25. The molecule has 0 heterocycles. The summed E-state index contributed by atoms with van der Waals surface area (Å²) in [6, 6.07) is 0. The summed E-state index contributed by atoms with van der Waals surface area (Å²) in [6.45, 7) is 1.47. The van der Waals surface area contributed by atoms with Gasteiger partial charge >= 0.3 is 11.9 Å². The van der Waals surface area contributed by atoms with Crippen LogP contribution in [0.1, 0.15) is 6.92 Å².